The van der Waals surface area contributed by atoms with Gasteiger partial charge in [-0.15, -0.1) is 0 Å². The quantitative estimate of drug-likeness (QED) is 0.766. The third kappa shape index (κ3) is 3.67. The molecular formula is C12H24F2N2. The van der Waals surface area contributed by atoms with Gasteiger partial charge in [-0.05, 0) is 24.7 Å². The van der Waals surface area contributed by atoms with Crippen LogP contribution < -0.4 is 11.1 Å². The maximum Gasteiger partial charge on any atom is 0.250 e. The molecule has 1 aliphatic rings. The Hall–Kier alpha value is -0.220. The molecule has 1 saturated carbocycles. The lowest BCUT2D eigenvalue weighted by Crippen LogP contribution is -2.55. The van der Waals surface area contributed by atoms with E-state index in [4.69, 9.17) is 5.73 Å². The highest BCUT2D eigenvalue weighted by molar-refractivity contribution is 4.95. The van der Waals surface area contributed by atoms with Crippen molar-refractivity contribution in [3.05, 3.63) is 0 Å². The molecule has 16 heavy (non-hydrogen) atoms. The Kier molecular flexibility index (Phi) is 5.12. The van der Waals surface area contributed by atoms with E-state index >= 15 is 0 Å². The average molecular weight is 234 g/mol. The van der Waals surface area contributed by atoms with Crippen molar-refractivity contribution in [1.82, 2.24) is 5.32 Å². The molecule has 0 spiro atoms. The van der Waals surface area contributed by atoms with Gasteiger partial charge in [-0.1, -0.05) is 26.7 Å². The van der Waals surface area contributed by atoms with Crippen molar-refractivity contribution in [2.45, 2.75) is 51.5 Å². The normalized spacial score (nSPS) is 31.3. The van der Waals surface area contributed by atoms with E-state index < -0.39 is 6.43 Å². The van der Waals surface area contributed by atoms with Crippen LogP contribution >= 0.6 is 0 Å². The van der Waals surface area contributed by atoms with Crippen LogP contribution in [0.3, 0.4) is 0 Å². The van der Waals surface area contributed by atoms with Crippen molar-refractivity contribution in [1.29, 1.82) is 0 Å². The van der Waals surface area contributed by atoms with Crippen LogP contribution in [0.1, 0.15) is 39.5 Å². The predicted molar refractivity (Wildman–Crippen MR) is 62.6 cm³/mol. The number of halogens is 2. The summed E-state index contributed by atoms with van der Waals surface area (Å²) in [5.41, 5.74) is 5.53. The molecule has 0 aromatic heterocycles. The van der Waals surface area contributed by atoms with E-state index in [9.17, 15) is 8.78 Å². The summed E-state index contributed by atoms with van der Waals surface area (Å²) in [6.07, 6.45) is 1.88. The number of hydrogen-bond acceptors (Lipinski definition) is 2. The zero-order valence-electron chi connectivity index (χ0n) is 10.3. The molecule has 3 N–H and O–H groups in total. The van der Waals surface area contributed by atoms with E-state index in [0.717, 1.165) is 19.3 Å². The first-order valence-corrected chi connectivity index (χ1v) is 6.22. The fraction of sp³-hybridized carbons (Fsp3) is 1.00. The van der Waals surface area contributed by atoms with Gasteiger partial charge in [-0.2, -0.15) is 0 Å². The Labute approximate surface area is 97.0 Å². The third-order valence-corrected chi connectivity index (χ3v) is 3.85. The Bertz CT molecular complexity index is 209. The molecule has 0 aliphatic heterocycles. The van der Waals surface area contributed by atoms with Gasteiger partial charge < -0.3 is 11.1 Å². The van der Waals surface area contributed by atoms with Gasteiger partial charge in [0.1, 0.15) is 0 Å². The van der Waals surface area contributed by atoms with Gasteiger partial charge in [0.2, 0.25) is 0 Å². The zero-order chi connectivity index (χ0) is 12.2. The van der Waals surface area contributed by atoms with Crippen LogP contribution in [0.2, 0.25) is 0 Å². The van der Waals surface area contributed by atoms with Crippen LogP contribution in [0, 0.1) is 11.8 Å². The van der Waals surface area contributed by atoms with Gasteiger partial charge in [0.05, 0.1) is 6.54 Å². The molecule has 0 amide bonds. The second-order valence-electron chi connectivity index (χ2n) is 5.36. The third-order valence-electron chi connectivity index (χ3n) is 3.85. The minimum Gasteiger partial charge on any atom is -0.329 e. The average Bonchev–Trinajstić information content (AvgIpc) is 2.26. The van der Waals surface area contributed by atoms with Gasteiger partial charge in [0, 0.05) is 12.1 Å². The summed E-state index contributed by atoms with van der Waals surface area (Å²) in [6, 6.07) is 0. The molecule has 0 heterocycles. The van der Waals surface area contributed by atoms with Crippen molar-refractivity contribution in [2.75, 3.05) is 13.1 Å². The lowest BCUT2D eigenvalue weighted by Gasteiger charge is -2.42. The summed E-state index contributed by atoms with van der Waals surface area (Å²) in [5, 5.41) is 2.99. The molecule has 2 unspecified atom stereocenters. The van der Waals surface area contributed by atoms with Crippen molar-refractivity contribution >= 4 is 0 Å². The van der Waals surface area contributed by atoms with Gasteiger partial charge in [0.25, 0.3) is 6.43 Å². The van der Waals surface area contributed by atoms with Gasteiger partial charge in [-0.25, -0.2) is 8.78 Å². The topological polar surface area (TPSA) is 38.0 Å². The van der Waals surface area contributed by atoms with E-state index in [1.54, 1.807) is 0 Å². The van der Waals surface area contributed by atoms with Gasteiger partial charge in [-0.3, -0.25) is 0 Å². The minimum absolute atomic E-state index is 0.234. The maximum absolute atomic E-state index is 12.2. The van der Waals surface area contributed by atoms with Crippen molar-refractivity contribution < 1.29 is 8.78 Å². The Morgan fingerprint density at radius 3 is 2.62 bits per heavy atom. The number of nitrogens with one attached hydrogen (secondary N) is 1. The highest BCUT2D eigenvalue weighted by Gasteiger charge is 2.36. The smallest absolute Gasteiger partial charge is 0.250 e. The maximum atomic E-state index is 12.2. The first-order valence-electron chi connectivity index (χ1n) is 6.22. The predicted octanol–water partition coefficient (Wildman–Crippen LogP) is 2.38. The first-order chi connectivity index (χ1) is 7.49. The monoisotopic (exact) mass is 234 g/mol. The molecule has 0 aromatic rings. The highest BCUT2D eigenvalue weighted by atomic mass is 19.3. The van der Waals surface area contributed by atoms with E-state index in [-0.39, 0.29) is 12.1 Å². The summed E-state index contributed by atoms with van der Waals surface area (Å²) >= 11 is 0. The van der Waals surface area contributed by atoms with E-state index in [1.165, 1.54) is 6.42 Å². The SMILES string of the molecule is CC(C)C1CCCC(CN)(NCC(F)F)C1. The van der Waals surface area contributed by atoms with Crippen LogP contribution in [0.15, 0.2) is 0 Å². The highest BCUT2D eigenvalue weighted by Crippen LogP contribution is 2.35. The zero-order valence-corrected chi connectivity index (χ0v) is 10.3. The van der Waals surface area contributed by atoms with Crippen LogP contribution in [0.4, 0.5) is 8.78 Å². The largest absolute Gasteiger partial charge is 0.329 e. The molecule has 1 aliphatic carbocycles. The molecular weight excluding hydrogens is 210 g/mol. The lowest BCUT2D eigenvalue weighted by atomic mass is 9.71. The molecule has 0 aromatic carbocycles. The Morgan fingerprint density at radius 2 is 2.12 bits per heavy atom. The van der Waals surface area contributed by atoms with Gasteiger partial charge in [0.15, 0.2) is 0 Å². The summed E-state index contributed by atoms with van der Waals surface area (Å²) in [6.45, 7) is 4.62. The summed E-state index contributed by atoms with van der Waals surface area (Å²) in [5.74, 6) is 1.22. The molecule has 0 bridgehead atoms. The van der Waals surface area contributed by atoms with Crippen LogP contribution in [0.25, 0.3) is 0 Å². The second-order valence-corrected chi connectivity index (χ2v) is 5.36. The van der Waals surface area contributed by atoms with Crippen LogP contribution in [-0.4, -0.2) is 25.1 Å². The molecule has 2 atom stereocenters. The molecule has 1 rings (SSSR count). The van der Waals surface area contributed by atoms with E-state index in [0.29, 0.717) is 18.4 Å². The summed E-state index contributed by atoms with van der Waals surface area (Å²) < 4.78 is 24.5. The number of alkyl halides is 2. The Morgan fingerprint density at radius 1 is 1.44 bits per heavy atom. The molecule has 96 valence electrons. The van der Waals surface area contributed by atoms with Gasteiger partial charge >= 0.3 is 0 Å². The number of rotatable bonds is 5. The molecule has 0 radical (unpaired) electrons. The number of nitrogens with two attached hydrogens (primary N) is 1. The van der Waals surface area contributed by atoms with E-state index in [1.807, 2.05) is 0 Å². The first kappa shape index (κ1) is 13.8. The lowest BCUT2D eigenvalue weighted by molar-refractivity contribution is 0.101. The molecule has 4 heteroatoms. The molecule has 2 nitrogen and oxygen atoms in total. The van der Waals surface area contributed by atoms with Crippen molar-refractivity contribution in [3.8, 4) is 0 Å². The second kappa shape index (κ2) is 5.92. The van der Waals surface area contributed by atoms with Crippen LogP contribution in [-0.2, 0) is 0 Å². The van der Waals surface area contributed by atoms with Crippen molar-refractivity contribution in [2.24, 2.45) is 17.6 Å². The summed E-state index contributed by atoms with van der Waals surface area (Å²) in [4.78, 5) is 0. The molecule has 1 fully saturated rings. The van der Waals surface area contributed by atoms with Crippen molar-refractivity contribution in [3.63, 3.8) is 0 Å². The fourth-order valence-corrected chi connectivity index (χ4v) is 2.69. The Balaban J connectivity index is 2.56. The number of hydrogen-bond donors (Lipinski definition) is 2. The van der Waals surface area contributed by atoms with E-state index in [2.05, 4.69) is 19.2 Å². The minimum atomic E-state index is -2.29. The fourth-order valence-electron chi connectivity index (χ4n) is 2.69. The molecule has 0 saturated heterocycles. The van der Waals surface area contributed by atoms with Crippen LogP contribution in [0.5, 0.6) is 0 Å². The summed E-state index contributed by atoms with van der Waals surface area (Å²) in [7, 11) is 0. The standard InChI is InChI=1S/C12H24F2N2/c1-9(2)10-4-3-5-12(6-10,8-15)16-7-11(13)14/h9-11,16H,3-8,15H2,1-2H3.